The van der Waals surface area contributed by atoms with Crippen molar-refractivity contribution in [1.29, 1.82) is 0 Å². The van der Waals surface area contributed by atoms with Crippen molar-refractivity contribution in [3.8, 4) is 11.4 Å². The van der Waals surface area contributed by atoms with Crippen LogP contribution in [0.25, 0.3) is 11.4 Å². The topological polar surface area (TPSA) is 59.8 Å². The minimum Gasteiger partial charge on any atom is -0.352 e. The van der Waals surface area contributed by atoms with Gasteiger partial charge in [-0.25, -0.2) is 0 Å². The Bertz CT molecular complexity index is 676. The molecule has 1 aromatic carbocycles. The molecule has 0 spiro atoms. The minimum absolute atomic E-state index is 0.0763. The lowest BCUT2D eigenvalue weighted by atomic mass is 10.1. The van der Waals surface area contributed by atoms with Crippen LogP contribution < -0.4 is 5.32 Å². The van der Waals surface area contributed by atoms with Gasteiger partial charge in [-0.1, -0.05) is 41.6 Å². The second-order valence-corrected chi connectivity index (χ2v) is 7.08. The van der Waals surface area contributed by atoms with Crippen LogP contribution in [0.1, 0.15) is 25.3 Å². The van der Waals surface area contributed by atoms with Gasteiger partial charge in [0.05, 0.1) is 5.25 Å². The summed E-state index contributed by atoms with van der Waals surface area (Å²) in [5.74, 6) is 0.893. The molecule has 0 radical (unpaired) electrons. The predicted octanol–water partition coefficient (Wildman–Crippen LogP) is 2.55. The average molecular weight is 316 g/mol. The molecule has 1 atom stereocenters. The van der Waals surface area contributed by atoms with Crippen molar-refractivity contribution in [3.63, 3.8) is 0 Å². The Morgan fingerprint density at radius 1 is 1.32 bits per heavy atom. The first-order valence-electron chi connectivity index (χ1n) is 7.48. The lowest BCUT2D eigenvalue weighted by Crippen LogP contribution is -2.32. The Morgan fingerprint density at radius 2 is 2.00 bits per heavy atom. The smallest absolute Gasteiger partial charge is 0.233 e. The number of thioether (sulfide) groups is 1. The number of rotatable bonds is 5. The fraction of sp³-hybridized carbons (Fsp3) is 0.438. The summed E-state index contributed by atoms with van der Waals surface area (Å²) in [6, 6.07) is 8.58. The van der Waals surface area contributed by atoms with Crippen LogP contribution in [0.4, 0.5) is 0 Å². The van der Waals surface area contributed by atoms with Gasteiger partial charge in [-0.2, -0.15) is 0 Å². The number of hydrogen-bond donors (Lipinski definition) is 1. The molecule has 0 aliphatic heterocycles. The molecule has 3 rings (SSSR count). The minimum atomic E-state index is -0.172. The Labute approximate surface area is 134 Å². The van der Waals surface area contributed by atoms with E-state index in [-0.39, 0.29) is 11.2 Å². The molecule has 1 saturated carbocycles. The third-order valence-corrected chi connectivity index (χ3v) is 4.85. The number of carbonyl (C=O) groups is 1. The molecule has 1 aliphatic carbocycles. The van der Waals surface area contributed by atoms with E-state index in [9.17, 15) is 4.79 Å². The maximum absolute atomic E-state index is 12.0. The Balaban J connectivity index is 1.72. The molecular weight excluding hydrogens is 296 g/mol. The van der Waals surface area contributed by atoms with E-state index in [2.05, 4.69) is 34.6 Å². The highest BCUT2D eigenvalue weighted by Crippen LogP contribution is 2.27. The van der Waals surface area contributed by atoms with E-state index in [0.29, 0.717) is 6.04 Å². The average Bonchev–Trinajstić information content (AvgIpc) is 3.24. The number of aryl methyl sites for hydroxylation is 1. The van der Waals surface area contributed by atoms with E-state index in [1.165, 1.54) is 17.3 Å². The van der Waals surface area contributed by atoms with E-state index in [1.807, 2.05) is 30.7 Å². The highest BCUT2D eigenvalue weighted by atomic mass is 32.2. The molecule has 116 valence electrons. The van der Waals surface area contributed by atoms with Crippen molar-refractivity contribution in [3.05, 3.63) is 29.8 Å². The third-order valence-electron chi connectivity index (χ3n) is 3.72. The first kappa shape index (κ1) is 15.1. The Kier molecular flexibility index (Phi) is 4.20. The van der Waals surface area contributed by atoms with Gasteiger partial charge < -0.3 is 9.88 Å². The molecule has 1 aliphatic rings. The lowest BCUT2D eigenvalue weighted by Gasteiger charge is -2.11. The second-order valence-electron chi connectivity index (χ2n) is 5.77. The molecule has 2 aromatic rings. The molecular formula is C16H20N4OS. The van der Waals surface area contributed by atoms with Crippen LogP contribution in [0.3, 0.4) is 0 Å². The predicted molar refractivity (Wildman–Crippen MR) is 87.7 cm³/mol. The third kappa shape index (κ3) is 3.32. The zero-order valence-corrected chi connectivity index (χ0v) is 13.9. The lowest BCUT2D eigenvalue weighted by molar-refractivity contribution is -0.120. The van der Waals surface area contributed by atoms with Crippen LogP contribution >= 0.6 is 11.8 Å². The quantitative estimate of drug-likeness (QED) is 0.861. The fourth-order valence-corrected chi connectivity index (χ4v) is 2.95. The van der Waals surface area contributed by atoms with Gasteiger partial charge in [0.25, 0.3) is 0 Å². The molecule has 6 heteroatoms. The summed E-state index contributed by atoms with van der Waals surface area (Å²) in [4.78, 5) is 12.0. The Morgan fingerprint density at radius 3 is 2.64 bits per heavy atom. The number of nitrogens with one attached hydrogen (secondary N) is 1. The van der Waals surface area contributed by atoms with Crippen LogP contribution in [-0.2, 0) is 11.8 Å². The number of hydrogen-bond acceptors (Lipinski definition) is 4. The standard InChI is InChI=1S/C16H20N4OS/c1-10-4-6-12(7-5-10)14-18-19-16(20(14)3)22-11(2)15(21)17-13-8-9-13/h4-7,11,13H,8-9H2,1-3H3,(H,17,21)/t11-/m0/s1. The van der Waals surface area contributed by atoms with Crippen LogP contribution in [0.5, 0.6) is 0 Å². The number of benzene rings is 1. The molecule has 1 N–H and O–H groups in total. The molecule has 0 saturated heterocycles. The van der Waals surface area contributed by atoms with Gasteiger partial charge >= 0.3 is 0 Å². The largest absolute Gasteiger partial charge is 0.352 e. The van der Waals surface area contributed by atoms with Crippen molar-refractivity contribution in [2.24, 2.45) is 7.05 Å². The monoisotopic (exact) mass is 316 g/mol. The molecule has 1 amide bonds. The summed E-state index contributed by atoms with van der Waals surface area (Å²) >= 11 is 1.44. The SMILES string of the molecule is Cc1ccc(-c2nnc(S[C@@H](C)C(=O)NC3CC3)n2C)cc1. The molecule has 22 heavy (non-hydrogen) atoms. The maximum atomic E-state index is 12.0. The van der Waals surface area contributed by atoms with Crippen LogP contribution in [0, 0.1) is 6.92 Å². The first-order valence-corrected chi connectivity index (χ1v) is 8.36. The molecule has 0 bridgehead atoms. The van der Waals surface area contributed by atoms with Crippen molar-refractivity contribution in [2.75, 3.05) is 0 Å². The van der Waals surface area contributed by atoms with Crippen molar-refractivity contribution in [1.82, 2.24) is 20.1 Å². The zero-order chi connectivity index (χ0) is 15.7. The summed E-state index contributed by atoms with van der Waals surface area (Å²) in [6.45, 7) is 3.96. The van der Waals surface area contributed by atoms with Crippen LogP contribution in [0.2, 0.25) is 0 Å². The molecule has 5 nitrogen and oxygen atoms in total. The van der Waals surface area contributed by atoms with Crippen molar-refractivity contribution >= 4 is 17.7 Å². The van der Waals surface area contributed by atoms with Gasteiger partial charge in [-0.3, -0.25) is 4.79 Å². The van der Waals surface area contributed by atoms with Crippen molar-refractivity contribution < 1.29 is 4.79 Å². The first-order chi connectivity index (χ1) is 10.5. The van der Waals surface area contributed by atoms with Gasteiger partial charge in [0.1, 0.15) is 0 Å². The van der Waals surface area contributed by atoms with Crippen LogP contribution in [-0.4, -0.2) is 32.0 Å². The fourth-order valence-electron chi connectivity index (χ4n) is 2.13. The molecule has 1 aromatic heterocycles. The summed E-state index contributed by atoms with van der Waals surface area (Å²) in [5, 5.41) is 12.1. The van der Waals surface area contributed by atoms with E-state index in [1.54, 1.807) is 0 Å². The highest BCUT2D eigenvalue weighted by molar-refractivity contribution is 8.00. The van der Waals surface area contributed by atoms with Gasteiger partial charge in [-0.15, -0.1) is 10.2 Å². The van der Waals surface area contributed by atoms with E-state index in [0.717, 1.165) is 29.4 Å². The van der Waals surface area contributed by atoms with E-state index >= 15 is 0 Å². The zero-order valence-electron chi connectivity index (χ0n) is 13.0. The van der Waals surface area contributed by atoms with E-state index < -0.39 is 0 Å². The number of nitrogens with zero attached hydrogens (tertiary/aromatic N) is 3. The summed E-state index contributed by atoms with van der Waals surface area (Å²) in [5.41, 5.74) is 2.24. The van der Waals surface area contributed by atoms with Crippen molar-refractivity contribution in [2.45, 2.75) is 43.1 Å². The van der Waals surface area contributed by atoms with E-state index in [4.69, 9.17) is 0 Å². The number of aromatic nitrogens is 3. The molecule has 1 fully saturated rings. The Hall–Kier alpha value is -1.82. The highest BCUT2D eigenvalue weighted by Gasteiger charge is 2.27. The van der Waals surface area contributed by atoms with Crippen LogP contribution in [0.15, 0.2) is 29.4 Å². The maximum Gasteiger partial charge on any atom is 0.233 e. The summed E-state index contributed by atoms with van der Waals surface area (Å²) < 4.78 is 1.94. The molecule has 0 unspecified atom stereocenters. The summed E-state index contributed by atoms with van der Waals surface area (Å²) in [6.07, 6.45) is 2.20. The molecule has 1 heterocycles. The number of carbonyl (C=O) groups excluding carboxylic acids is 1. The van der Waals surface area contributed by atoms with Gasteiger partial charge in [0, 0.05) is 18.7 Å². The number of amides is 1. The van der Waals surface area contributed by atoms with Gasteiger partial charge in [0.15, 0.2) is 11.0 Å². The normalized spacial score (nSPS) is 15.6. The second kappa shape index (κ2) is 6.12. The van der Waals surface area contributed by atoms with Gasteiger partial charge in [0.2, 0.25) is 5.91 Å². The van der Waals surface area contributed by atoms with Gasteiger partial charge in [-0.05, 0) is 26.7 Å². The summed E-state index contributed by atoms with van der Waals surface area (Å²) in [7, 11) is 1.93.